The van der Waals surface area contributed by atoms with Crippen molar-refractivity contribution in [3.8, 4) is 5.75 Å². The molecule has 0 aromatic heterocycles. The van der Waals surface area contributed by atoms with Crippen molar-refractivity contribution in [2.24, 2.45) is 0 Å². The van der Waals surface area contributed by atoms with Crippen LogP contribution in [0.2, 0.25) is 0 Å². The van der Waals surface area contributed by atoms with E-state index in [-0.39, 0.29) is 11.9 Å². The first kappa shape index (κ1) is 9.89. The number of hydroxylamine groups is 1. The minimum absolute atomic E-state index is 0.109. The molecule has 1 N–H and O–H groups in total. The number of hydrogen-bond donors (Lipinski definition) is 1. The molecule has 1 heterocycles. The van der Waals surface area contributed by atoms with Crippen LogP contribution >= 0.6 is 15.9 Å². The van der Waals surface area contributed by atoms with Crippen LogP contribution in [0.3, 0.4) is 0 Å². The molecule has 14 heavy (non-hydrogen) atoms. The van der Waals surface area contributed by atoms with Gasteiger partial charge in [-0.2, -0.15) is 5.48 Å². The highest BCUT2D eigenvalue weighted by molar-refractivity contribution is 9.10. The van der Waals surface area contributed by atoms with E-state index in [2.05, 4.69) is 21.4 Å². The van der Waals surface area contributed by atoms with Gasteiger partial charge in [-0.25, -0.2) is 4.39 Å². The van der Waals surface area contributed by atoms with Crippen LogP contribution in [-0.2, 0) is 4.84 Å². The van der Waals surface area contributed by atoms with Crippen LogP contribution < -0.4 is 10.2 Å². The highest BCUT2D eigenvalue weighted by Gasteiger charge is 2.26. The lowest BCUT2D eigenvalue weighted by Crippen LogP contribution is -2.20. The van der Waals surface area contributed by atoms with Crippen molar-refractivity contribution in [1.29, 1.82) is 0 Å². The summed E-state index contributed by atoms with van der Waals surface area (Å²) in [6.45, 7) is 0.450. The predicted octanol–water partition coefficient (Wildman–Crippen LogP) is 2.17. The van der Waals surface area contributed by atoms with Crippen LogP contribution in [0.25, 0.3) is 0 Å². The van der Waals surface area contributed by atoms with Crippen LogP contribution in [0.1, 0.15) is 11.6 Å². The van der Waals surface area contributed by atoms with Gasteiger partial charge in [-0.3, -0.25) is 0 Å². The number of ether oxygens (including phenoxy) is 1. The minimum Gasteiger partial charge on any atom is -0.490 e. The zero-order valence-corrected chi connectivity index (χ0v) is 9.10. The summed E-state index contributed by atoms with van der Waals surface area (Å²) in [6, 6.07) is 2.72. The fraction of sp³-hybridized carbons (Fsp3) is 0.333. The summed E-state index contributed by atoms with van der Waals surface area (Å²) < 4.78 is 19.1. The topological polar surface area (TPSA) is 30.5 Å². The SMILES string of the molecule is CONC1COc2c(Br)cc(F)cc21. The molecular weight excluding hydrogens is 253 g/mol. The zero-order valence-electron chi connectivity index (χ0n) is 7.51. The third kappa shape index (κ3) is 1.63. The maximum absolute atomic E-state index is 13.1. The van der Waals surface area contributed by atoms with Crippen molar-refractivity contribution in [2.45, 2.75) is 6.04 Å². The Balaban J connectivity index is 2.38. The zero-order chi connectivity index (χ0) is 10.1. The van der Waals surface area contributed by atoms with Gasteiger partial charge in [0.2, 0.25) is 0 Å². The van der Waals surface area contributed by atoms with E-state index in [0.29, 0.717) is 16.8 Å². The summed E-state index contributed by atoms with van der Waals surface area (Å²) in [7, 11) is 1.52. The Morgan fingerprint density at radius 3 is 3.14 bits per heavy atom. The van der Waals surface area contributed by atoms with E-state index in [0.717, 1.165) is 5.56 Å². The van der Waals surface area contributed by atoms with Gasteiger partial charge in [0.1, 0.15) is 18.2 Å². The molecule has 0 spiro atoms. The summed E-state index contributed by atoms with van der Waals surface area (Å²) in [4.78, 5) is 4.79. The van der Waals surface area contributed by atoms with Gasteiger partial charge in [0.15, 0.2) is 0 Å². The molecule has 1 unspecified atom stereocenters. The van der Waals surface area contributed by atoms with Crippen molar-refractivity contribution in [2.75, 3.05) is 13.7 Å². The summed E-state index contributed by atoms with van der Waals surface area (Å²) >= 11 is 3.24. The monoisotopic (exact) mass is 261 g/mol. The van der Waals surface area contributed by atoms with Gasteiger partial charge >= 0.3 is 0 Å². The first-order valence-electron chi connectivity index (χ1n) is 4.12. The van der Waals surface area contributed by atoms with Crippen molar-refractivity contribution in [3.05, 3.63) is 28.0 Å². The molecule has 5 heteroatoms. The van der Waals surface area contributed by atoms with Crippen LogP contribution in [-0.4, -0.2) is 13.7 Å². The largest absolute Gasteiger partial charge is 0.490 e. The van der Waals surface area contributed by atoms with E-state index in [1.165, 1.54) is 19.2 Å². The summed E-state index contributed by atoms with van der Waals surface area (Å²) in [5.41, 5.74) is 3.52. The summed E-state index contributed by atoms with van der Waals surface area (Å²) in [5.74, 6) is 0.393. The number of rotatable bonds is 2. The molecule has 0 fully saturated rings. The van der Waals surface area contributed by atoms with Crippen LogP contribution in [0.4, 0.5) is 4.39 Å². The molecule has 0 amide bonds. The quantitative estimate of drug-likeness (QED) is 0.828. The Labute approximate surface area is 89.3 Å². The summed E-state index contributed by atoms with van der Waals surface area (Å²) in [5, 5.41) is 0. The molecule has 76 valence electrons. The summed E-state index contributed by atoms with van der Waals surface area (Å²) in [6.07, 6.45) is 0. The maximum Gasteiger partial charge on any atom is 0.138 e. The third-order valence-corrected chi connectivity index (χ3v) is 2.66. The van der Waals surface area contributed by atoms with Crippen molar-refractivity contribution in [3.63, 3.8) is 0 Å². The minimum atomic E-state index is -0.288. The Hall–Kier alpha value is -0.650. The Kier molecular flexibility index (Phi) is 2.71. The first-order chi connectivity index (χ1) is 6.72. The van der Waals surface area contributed by atoms with Gasteiger partial charge in [0.25, 0.3) is 0 Å². The molecule has 0 saturated heterocycles. The number of hydrogen-bond acceptors (Lipinski definition) is 3. The number of fused-ring (bicyclic) bond motifs is 1. The highest BCUT2D eigenvalue weighted by Crippen LogP contribution is 2.39. The van der Waals surface area contributed by atoms with Gasteiger partial charge < -0.3 is 9.57 Å². The van der Waals surface area contributed by atoms with Gasteiger partial charge in [-0.1, -0.05) is 0 Å². The molecule has 2 rings (SSSR count). The van der Waals surface area contributed by atoms with E-state index < -0.39 is 0 Å². The molecule has 0 radical (unpaired) electrons. The number of nitrogens with one attached hydrogen (secondary N) is 1. The second-order valence-corrected chi connectivity index (χ2v) is 3.85. The fourth-order valence-corrected chi connectivity index (χ4v) is 2.05. The van der Waals surface area contributed by atoms with Gasteiger partial charge in [-0.05, 0) is 28.1 Å². The fourth-order valence-electron chi connectivity index (χ4n) is 1.49. The van der Waals surface area contributed by atoms with Crippen LogP contribution in [0, 0.1) is 5.82 Å². The van der Waals surface area contributed by atoms with E-state index in [9.17, 15) is 4.39 Å². The average molecular weight is 262 g/mol. The lowest BCUT2D eigenvalue weighted by molar-refractivity contribution is 0.0535. The van der Waals surface area contributed by atoms with Crippen LogP contribution in [0.15, 0.2) is 16.6 Å². The normalized spacial score (nSPS) is 19.2. The lowest BCUT2D eigenvalue weighted by Gasteiger charge is -2.08. The average Bonchev–Trinajstić information content (AvgIpc) is 2.49. The molecule has 1 aliphatic heterocycles. The molecule has 0 bridgehead atoms. The highest BCUT2D eigenvalue weighted by atomic mass is 79.9. The molecular formula is C9H9BrFNO2. The Morgan fingerprint density at radius 1 is 1.64 bits per heavy atom. The molecule has 1 aliphatic rings. The Bertz CT molecular complexity index is 359. The standard InChI is InChI=1S/C9H9BrFNO2/c1-13-12-8-4-14-9-6(8)2-5(11)3-7(9)10/h2-3,8,12H,4H2,1H3. The number of benzene rings is 1. The second-order valence-electron chi connectivity index (χ2n) is 2.99. The molecule has 0 aliphatic carbocycles. The van der Waals surface area contributed by atoms with Crippen molar-refractivity contribution < 1.29 is 14.0 Å². The second kappa shape index (κ2) is 3.84. The van der Waals surface area contributed by atoms with Gasteiger partial charge in [0.05, 0.1) is 17.6 Å². The first-order valence-corrected chi connectivity index (χ1v) is 4.92. The number of halogens is 2. The maximum atomic E-state index is 13.1. The lowest BCUT2D eigenvalue weighted by atomic mass is 10.1. The van der Waals surface area contributed by atoms with Gasteiger partial charge in [-0.15, -0.1) is 0 Å². The van der Waals surface area contributed by atoms with E-state index in [4.69, 9.17) is 9.57 Å². The van der Waals surface area contributed by atoms with E-state index in [1.807, 2.05) is 0 Å². The predicted molar refractivity (Wildman–Crippen MR) is 52.5 cm³/mol. The molecule has 1 aromatic carbocycles. The van der Waals surface area contributed by atoms with Crippen molar-refractivity contribution in [1.82, 2.24) is 5.48 Å². The Morgan fingerprint density at radius 2 is 2.43 bits per heavy atom. The van der Waals surface area contributed by atoms with E-state index >= 15 is 0 Å². The van der Waals surface area contributed by atoms with Gasteiger partial charge in [0, 0.05) is 5.56 Å². The van der Waals surface area contributed by atoms with Crippen molar-refractivity contribution >= 4 is 15.9 Å². The molecule has 3 nitrogen and oxygen atoms in total. The smallest absolute Gasteiger partial charge is 0.138 e. The molecule has 1 aromatic rings. The molecule has 1 atom stereocenters. The van der Waals surface area contributed by atoms with E-state index in [1.54, 1.807) is 0 Å². The third-order valence-electron chi connectivity index (χ3n) is 2.07. The van der Waals surface area contributed by atoms with Crippen LogP contribution in [0.5, 0.6) is 5.75 Å². The molecule has 0 saturated carbocycles.